The van der Waals surface area contributed by atoms with Crippen LogP contribution in [0.3, 0.4) is 0 Å². The molecule has 1 fully saturated rings. The molecular formula is C14H15ClN2O. The molecule has 1 aromatic heterocycles. The van der Waals surface area contributed by atoms with Crippen LogP contribution in [0.15, 0.2) is 36.7 Å². The van der Waals surface area contributed by atoms with Crippen molar-refractivity contribution in [3.8, 4) is 11.1 Å². The molecule has 0 spiro atoms. The van der Waals surface area contributed by atoms with Gasteiger partial charge in [-0.2, -0.15) is 5.10 Å². The molecule has 1 N–H and O–H groups in total. The standard InChI is InChI=1S/C14H15ClN2O/c15-12-6-4-10(5-7-12)11-8-16-17(9-11)13-2-1-3-14(13)18/h4-9,13-14,18H,1-3H2. The van der Waals surface area contributed by atoms with E-state index in [0.717, 1.165) is 35.4 Å². The van der Waals surface area contributed by atoms with Gasteiger partial charge in [-0.05, 0) is 37.0 Å². The van der Waals surface area contributed by atoms with Crippen molar-refractivity contribution in [2.75, 3.05) is 0 Å². The van der Waals surface area contributed by atoms with Crippen LogP contribution in [-0.2, 0) is 0 Å². The highest BCUT2D eigenvalue weighted by atomic mass is 35.5. The van der Waals surface area contributed by atoms with Crippen molar-refractivity contribution in [1.82, 2.24) is 9.78 Å². The molecule has 18 heavy (non-hydrogen) atoms. The first kappa shape index (κ1) is 11.8. The van der Waals surface area contributed by atoms with E-state index in [9.17, 15) is 5.11 Å². The van der Waals surface area contributed by atoms with Crippen LogP contribution in [-0.4, -0.2) is 21.0 Å². The van der Waals surface area contributed by atoms with Crippen LogP contribution < -0.4 is 0 Å². The van der Waals surface area contributed by atoms with E-state index in [2.05, 4.69) is 5.10 Å². The molecule has 0 radical (unpaired) electrons. The van der Waals surface area contributed by atoms with Gasteiger partial charge in [0.1, 0.15) is 0 Å². The third-order valence-electron chi connectivity index (χ3n) is 3.56. The summed E-state index contributed by atoms with van der Waals surface area (Å²) in [5, 5.41) is 15.0. The van der Waals surface area contributed by atoms with Crippen LogP contribution in [0, 0.1) is 0 Å². The summed E-state index contributed by atoms with van der Waals surface area (Å²) in [4.78, 5) is 0. The maximum atomic E-state index is 9.88. The predicted molar refractivity (Wildman–Crippen MR) is 71.6 cm³/mol. The fraction of sp³-hybridized carbons (Fsp3) is 0.357. The van der Waals surface area contributed by atoms with Crippen molar-refractivity contribution in [1.29, 1.82) is 0 Å². The molecule has 2 unspecified atom stereocenters. The second kappa shape index (κ2) is 4.75. The second-order valence-electron chi connectivity index (χ2n) is 4.78. The number of halogens is 1. The Bertz CT molecular complexity index is 535. The summed E-state index contributed by atoms with van der Waals surface area (Å²) in [5.74, 6) is 0. The summed E-state index contributed by atoms with van der Waals surface area (Å²) in [5.41, 5.74) is 2.16. The average molecular weight is 263 g/mol. The Morgan fingerprint density at radius 2 is 1.94 bits per heavy atom. The lowest BCUT2D eigenvalue weighted by molar-refractivity contribution is 0.130. The molecule has 4 heteroatoms. The van der Waals surface area contributed by atoms with Crippen LogP contribution in [0.5, 0.6) is 0 Å². The zero-order chi connectivity index (χ0) is 12.5. The predicted octanol–water partition coefficient (Wildman–Crippen LogP) is 3.29. The quantitative estimate of drug-likeness (QED) is 0.902. The molecule has 0 aliphatic heterocycles. The average Bonchev–Trinajstić information content (AvgIpc) is 2.98. The Hall–Kier alpha value is -1.32. The molecule has 2 atom stereocenters. The topological polar surface area (TPSA) is 38.0 Å². The number of nitrogens with zero attached hydrogens (tertiary/aromatic N) is 2. The van der Waals surface area contributed by atoms with Crippen molar-refractivity contribution in [2.24, 2.45) is 0 Å². The highest BCUT2D eigenvalue weighted by Crippen LogP contribution is 2.31. The maximum Gasteiger partial charge on any atom is 0.0778 e. The van der Waals surface area contributed by atoms with E-state index in [1.807, 2.05) is 41.3 Å². The Morgan fingerprint density at radius 3 is 2.61 bits per heavy atom. The van der Waals surface area contributed by atoms with Crippen LogP contribution >= 0.6 is 11.6 Å². The van der Waals surface area contributed by atoms with E-state index in [1.165, 1.54) is 0 Å². The number of rotatable bonds is 2. The minimum absolute atomic E-state index is 0.131. The minimum Gasteiger partial charge on any atom is -0.391 e. The van der Waals surface area contributed by atoms with Gasteiger partial charge < -0.3 is 5.11 Å². The SMILES string of the molecule is OC1CCCC1n1cc(-c2ccc(Cl)cc2)cn1. The zero-order valence-electron chi connectivity index (χ0n) is 9.96. The molecule has 94 valence electrons. The van der Waals surface area contributed by atoms with Crippen molar-refractivity contribution in [3.05, 3.63) is 41.7 Å². The molecule has 1 saturated carbocycles. The fourth-order valence-corrected chi connectivity index (χ4v) is 2.67. The maximum absolute atomic E-state index is 9.88. The number of benzene rings is 1. The number of aliphatic hydroxyl groups is 1. The van der Waals surface area contributed by atoms with E-state index in [1.54, 1.807) is 0 Å². The van der Waals surface area contributed by atoms with Crippen LogP contribution in [0.4, 0.5) is 0 Å². The van der Waals surface area contributed by atoms with Gasteiger partial charge in [0.2, 0.25) is 0 Å². The molecular weight excluding hydrogens is 248 g/mol. The van der Waals surface area contributed by atoms with Crippen molar-refractivity contribution >= 4 is 11.6 Å². The smallest absolute Gasteiger partial charge is 0.0778 e. The van der Waals surface area contributed by atoms with Gasteiger partial charge in [-0.25, -0.2) is 0 Å². The summed E-state index contributed by atoms with van der Waals surface area (Å²) >= 11 is 5.87. The zero-order valence-corrected chi connectivity index (χ0v) is 10.7. The van der Waals surface area contributed by atoms with Crippen LogP contribution in [0.2, 0.25) is 5.02 Å². The van der Waals surface area contributed by atoms with Gasteiger partial charge >= 0.3 is 0 Å². The number of hydrogen-bond acceptors (Lipinski definition) is 2. The number of aliphatic hydroxyl groups excluding tert-OH is 1. The largest absolute Gasteiger partial charge is 0.391 e. The Kier molecular flexibility index (Phi) is 3.10. The van der Waals surface area contributed by atoms with Crippen molar-refractivity contribution < 1.29 is 5.11 Å². The van der Waals surface area contributed by atoms with Gasteiger partial charge in [-0.3, -0.25) is 4.68 Å². The van der Waals surface area contributed by atoms with Gasteiger partial charge in [-0.15, -0.1) is 0 Å². The second-order valence-corrected chi connectivity index (χ2v) is 5.22. The van der Waals surface area contributed by atoms with E-state index < -0.39 is 0 Å². The van der Waals surface area contributed by atoms with Gasteiger partial charge in [0.15, 0.2) is 0 Å². The molecule has 0 bridgehead atoms. The first-order valence-corrected chi connectivity index (χ1v) is 6.60. The third kappa shape index (κ3) is 2.16. The first-order chi connectivity index (χ1) is 8.74. The highest BCUT2D eigenvalue weighted by molar-refractivity contribution is 6.30. The monoisotopic (exact) mass is 262 g/mol. The van der Waals surface area contributed by atoms with Gasteiger partial charge in [0.25, 0.3) is 0 Å². The minimum atomic E-state index is -0.261. The summed E-state index contributed by atoms with van der Waals surface area (Å²) in [7, 11) is 0. The Balaban J connectivity index is 1.87. The van der Waals surface area contributed by atoms with Crippen molar-refractivity contribution in [2.45, 2.75) is 31.4 Å². The Morgan fingerprint density at radius 1 is 1.17 bits per heavy atom. The van der Waals surface area contributed by atoms with Gasteiger partial charge in [0.05, 0.1) is 18.3 Å². The summed E-state index contributed by atoms with van der Waals surface area (Å²) in [6.45, 7) is 0. The number of hydrogen-bond donors (Lipinski definition) is 1. The Labute approximate surface area is 111 Å². The van der Waals surface area contributed by atoms with Crippen LogP contribution in [0.1, 0.15) is 25.3 Å². The molecule has 1 heterocycles. The molecule has 3 nitrogen and oxygen atoms in total. The molecule has 2 aromatic rings. The molecule has 3 rings (SSSR count). The van der Waals surface area contributed by atoms with Gasteiger partial charge in [-0.1, -0.05) is 23.7 Å². The molecule has 0 saturated heterocycles. The number of aromatic nitrogens is 2. The first-order valence-electron chi connectivity index (χ1n) is 6.22. The molecule has 1 aromatic carbocycles. The molecule has 1 aliphatic carbocycles. The normalized spacial score (nSPS) is 23.4. The molecule has 0 amide bonds. The van der Waals surface area contributed by atoms with Gasteiger partial charge in [0, 0.05) is 16.8 Å². The summed E-state index contributed by atoms with van der Waals surface area (Å²) in [6, 6.07) is 7.84. The van der Waals surface area contributed by atoms with E-state index in [0.29, 0.717) is 0 Å². The van der Waals surface area contributed by atoms with Crippen molar-refractivity contribution in [3.63, 3.8) is 0 Å². The van der Waals surface area contributed by atoms with E-state index >= 15 is 0 Å². The molecule has 1 aliphatic rings. The summed E-state index contributed by atoms with van der Waals surface area (Å²) in [6.07, 6.45) is 6.53. The van der Waals surface area contributed by atoms with E-state index in [-0.39, 0.29) is 12.1 Å². The lowest BCUT2D eigenvalue weighted by atomic mass is 10.1. The lowest BCUT2D eigenvalue weighted by Gasteiger charge is -2.14. The summed E-state index contributed by atoms with van der Waals surface area (Å²) < 4.78 is 1.89. The van der Waals surface area contributed by atoms with E-state index in [4.69, 9.17) is 11.6 Å². The highest BCUT2D eigenvalue weighted by Gasteiger charge is 2.27. The van der Waals surface area contributed by atoms with Crippen LogP contribution in [0.25, 0.3) is 11.1 Å². The lowest BCUT2D eigenvalue weighted by Crippen LogP contribution is -2.18. The fourth-order valence-electron chi connectivity index (χ4n) is 2.54. The third-order valence-corrected chi connectivity index (χ3v) is 3.81.